The maximum atomic E-state index is 11.8. The summed E-state index contributed by atoms with van der Waals surface area (Å²) in [6.07, 6.45) is 2.42. The van der Waals surface area contributed by atoms with Crippen molar-refractivity contribution >= 4 is 21.7 Å². The van der Waals surface area contributed by atoms with Gasteiger partial charge in [0.05, 0.1) is 5.69 Å². The number of hydrogen-bond acceptors (Lipinski definition) is 5. The molecule has 1 heterocycles. The van der Waals surface area contributed by atoms with E-state index >= 15 is 0 Å². The lowest BCUT2D eigenvalue weighted by atomic mass is 10.4. The molecule has 0 fully saturated rings. The van der Waals surface area contributed by atoms with Gasteiger partial charge in [0.2, 0.25) is 10.0 Å². The van der Waals surface area contributed by atoms with Gasteiger partial charge in [-0.1, -0.05) is 0 Å². The highest BCUT2D eigenvalue weighted by atomic mass is 32.2. The number of pyridine rings is 1. The monoisotopic (exact) mass is 245 g/mol. The van der Waals surface area contributed by atoms with Gasteiger partial charge in [0.1, 0.15) is 11.4 Å². The number of nitrogens with two attached hydrogens (primary N) is 1. The van der Waals surface area contributed by atoms with Gasteiger partial charge >= 0.3 is 5.97 Å². The number of carboxylic acids is 1. The third kappa shape index (κ3) is 2.67. The van der Waals surface area contributed by atoms with Gasteiger partial charge in [-0.25, -0.2) is 8.42 Å². The van der Waals surface area contributed by atoms with Crippen molar-refractivity contribution in [3.63, 3.8) is 0 Å². The van der Waals surface area contributed by atoms with Crippen LogP contribution < -0.4 is 5.73 Å². The van der Waals surface area contributed by atoms with Crippen LogP contribution in [0.3, 0.4) is 0 Å². The molecule has 0 aromatic carbocycles. The SMILES string of the molecule is CN(CC(=O)O)S(=O)(=O)c1cncc(N)c1. The zero-order valence-electron chi connectivity index (χ0n) is 8.49. The summed E-state index contributed by atoms with van der Waals surface area (Å²) in [5.74, 6) is -1.23. The Balaban J connectivity index is 3.07. The number of carboxylic acid groups (broad SMARTS) is 1. The zero-order valence-corrected chi connectivity index (χ0v) is 9.31. The molecule has 0 radical (unpaired) electrons. The minimum absolute atomic E-state index is 0.128. The van der Waals surface area contributed by atoms with Gasteiger partial charge in [-0.3, -0.25) is 9.78 Å². The minimum Gasteiger partial charge on any atom is -0.480 e. The first-order valence-corrected chi connectivity index (χ1v) is 5.66. The molecule has 0 aliphatic carbocycles. The Bertz CT molecular complexity index is 500. The molecule has 16 heavy (non-hydrogen) atoms. The van der Waals surface area contributed by atoms with Crippen molar-refractivity contribution in [2.75, 3.05) is 19.3 Å². The van der Waals surface area contributed by atoms with E-state index in [0.717, 1.165) is 6.20 Å². The smallest absolute Gasteiger partial charge is 0.318 e. The van der Waals surface area contributed by atoms with Crippen molar-refractivity contribution in [2.24, 2.45) is 0 Å². The second-order valence-electron chi connectivity index (χ2n) is 3.11. The number of likely N-dealkylation sites (N-methyl/N-ethyl adjacent to an activating group) is 1. The summed E-state index contributed by atoms with van der Waals surface area (Å²) >= 11 is 0. The van der Waals surface area contributed by atoms with Crippen LogP contribution in [0.15, 0.2) is 23.4 Å². The largest absolute Gasteiger partial charge is 0.480 e. The summed E-state index contributed by atoms with van der Waals surface area (Å²) in [7, 11) is -2.67. The third-order valence-corrected chi connectivity index (χ3v) is 3.57. The first kappa shape index (κ1) is 12.4. The molecular formula is C8H11N3O4S. The average molecular weight is 245 g/mol. The van der Waals surface area contributed by atoms with Crippen LogP contribution in [0.5, 0.6) is 0 Å². The summed E-state index contributed by atoms with van der Waals surface area (Å²) in [5.41, 5.74) is 5.59. The van der Waals surface area contributed by atoms with Crippen molar-refractivity contribution in [2.45, 2.75) is 4.90 Å². The van der Waals surface area contributed by atoms with Gasteiger partial charge < -0.3 is 10.8 Å². The summed E-state index contributed by atoms with van der Waals surface area (Å²) in [6, 6.07) is 1.22. The molecule has 0 amide bonds. The Morgan fingerprint density at radius 2 is 2.19 bits per heavy atom. The van der Waals surface area contributed by atoms with Crippen LogP contribution in [0.4, 0.5) is 5.69 Å². The van der Waals surface area contributed by atoms with E-state index in [0.29, 0.717) is 4.31 Å². The predicted octanol–water partition coefficient (Wildman–Crippen LogP) is -0.631. The Hall–Kier alpha value is -1.67. The fourth-order valence-corrected chi connectivity index (χ4v) is 2.15. The Kier molecular flexibility index (Phi) is 3.45. The Morgan fingerprint density at radius 3 is 2.69 bits per heavy atom. The molecule has 0 atom stereocenters. The number of carbonyl (C=O) groups is 1. The van der Waals surface area contributed by atoms with Crippen LogP contribution in [0, 0.1) is 0 Å². The van der Waals surface area contributed by atoms with E-state index in [-0.39, 0.29) is 10.6 Å². The normalized spacial score (nSPS) is 11.6. The Labute approximate surface area is 92.6 Å². The van der Waals surface area contributed by atoms with E-state index < -0.39 is 22.5 Å². The number of hydrogen-bond donors (Lipinski definition) is 2. The molecule has 1 aromatic heterocycles. The molecule has 8 heteroatoms. The molecule has 0 saturated heterocycles. The van der Waals surface area contributed by atoms with Crippen molar-refractivity contribution in [3.05, 3.63) is 18.5 Å². The van der Waals surface area contributed by atoms with Gasteiger partial charge in [0.25, 0.3) is 0 Å². The van der Waals surface area contributed by atoms with E-state index in [1.807, 2.05) is 0 Å². The molecular weight excluding hydrogens is 234 g/mol. The van der Waals surface area contributed by atoms with Crippen molar-refractivity contribution < 1.29 is 18.3 Å². The fraction of sp³-hybridized carbons (Fsp3) is 0.250. The number of anilines is 1. The lowest BCUT2D eigenvalue weighted by Gasteiger charge is -2.14. The topological polar surface area (TPSA) is 114 Å². The lowest BCUT2D eigenvalue weighted by molar-refractivity contribution is -0.137. The highest BCUT2D eigenvalue weighted by Crippen LogP contribution is 2.14. The van der Waals surface area contributed by atoms with E-state index in [4.69, 9.17) is 10.8 Å². The minimum atomic E-state index is -3.85. The summed E-state index contributed by atoms with van der Waals surface area (Å²) < 4.78 is 24.3. The number of aromatic nitrogens is 1. The maximum Gasteiger partial charge on any atom is 0.318 e. The molecule has 1 rings (SSSR count). The highest BCUT2D eigenvalue weighted by molar-refractivity contribution is 7.89. The summed E-state index contributed by atoms with van der Waals surface area (Å²) in [6.45, 7) is -0.614. The van der Waals surface area contributed by atoms with E-state index in [1.165, 1.54) is 19.3 Å². The number of rotatable bonds is 4. The lowest BCUT2D eigenvalue weighted by Crippen LogP contribution is -2.32. The van der Waals surface area contributed by atoms with Crippen LogP contribution >= 0.6 is 0 Å². The standard InChI is InChI=1S/C8H11N3O4S/c1-11(5-8(12)13)16(14,15)7-2-6(9)3-10-4-7/h2-4H,5,9H2,1H3,(H,12,13). The third-order valence-electron chi connectivity index (χ3n) is 1.80. The van der Waals surface area contributed by atoms with E-state index in [2.05, 4.69) is 4.98 Å². The Morgan fingerprint density at radius 1 is 1.56 bits per heavy atom. The van der Waals surface area contributed by atoms with Crippen molar-refractivity contribution in [1.29, 1.82) is 0 Å². The molecule has 0 unspecified atom stereocenters. The molecule has 0 saturated carbocycles. The average Bonchev–Trinajstić information content (AvgIpc) is 2.16. The summed E-state index contributed by atoms with van der Waals surface area (Å²) in [4.78, 5) is 13.9. The van der Waals surface area contributed by atoms with E-state index in [9.17, 15) is 13.2 Å². The highest BCUT2D eigenvalue weighted by Gasteiger charge is 2.23. The molecule has 7 nitrogen and oxygen atoms in total. The van der Waals surface area contributed by atoms with Gasteiger partial charge in [-0.15, -0.1) is 0 Å². The quantitative estimate of drug-likeness (QED) is 0.730. The van der Waals surface area contributed by atoms with Gasteiger partial charge in [0.15, 0.2) is 0 Å². The van der Waals surface area contributed by atoms with Crippen molar-refractivity contribution in [3.8, 4) is 0 Å². The first-order valence-electron chi connectivity index (χ1n) is 4.22. The zero-order chi connectivity index (χ0) is 12.3. The van der Waals surface area contributed by atoms with Crippen LogP contribution in [0.1, 0.15) is 0 Å². The number of nitrogen functional groups attached to an aromatic ring is 1. The van der Waals surface area contributed by atoms with Crippen LogP contribution in [0.25, 0.3) is 0 Å². The molecule has 88 valence electrons. The van der Waals surface area contributed by atoms with Gasteiger partial charge in [-0.05, 0) is 6.07 Å². The predicted molar refractivity (Wildman–Crippen MR) is 56.1 cm³/mol. The van der Waals surface area contributed by atoms with Crippen molar-refractivity contribution in [1.82, 2.24) is 9.29 Å². The van der Waals surface area contributed by atoms with Crippen LogP contribution in [-0.4, -0.2) is 42.4 Å². The molecule has 0 bridgehead atoms. The number of nitrogens with zero attached hydrogens (tertiary/aromatic N) is 2. The van der Waals surface area contributed by atoms with Gasteiger partial charge in [-0.2, -0.15) is 4.31 Å². The maximum absolute atomic E-state index is 11.8. The second-order valence-corrected chi connectivity index (χ2v) is 5.15. The molecule has 0 aliphatic rings. The van der Waals surface area contributed by atoms with Crippen LogP contribution in [0.2, 0.25) is 0 Å². The second kappa shape index (κ2) is 4.45. The molecule has 0 spiro atoms. The number of sulfonamides is 1. The molecule has 1 aromatic rings. The van der Waals surface area contributed by atoms with Crippen LogP contribution in [-0.2, 0) is 14.8 Å². The van der Waals surface area contributed by atoms with E-state index in [1.54, 1.807) is 0 Å². The fourth-order valence-electron chi connectivity index (χ4n) is 1.03. The van der Waals surface area contributed by atoms with Gasteiger partial charge in [0, 0.05) is 19.4 Å². The summed E-state index contributed by atoms with van der Waals surface area (Å²) in [5, 5.41) is 8.50. The first-order chi connectivity index (χ1) is 7.34. The molecule has 0 aliphatic heterocycles. The number of aliphatic carboxylic acids is 1. The molecule has 3 N–H and O–H groups in total.